The van der Waals surface area contributed by atoms with Crippen molar-refractivity contribution in [3.8, 4) is 0 Å². The van der Waals surface area contributed by atoms with Gasteiger partial charge in [-0.05, 0) is 37.6 Å². The maximum Gasteiger partial charge on any atom is 0.434 e. The van der Waals surface area contributed by atoms with Crippen LogP contribution in [-0.2, 0) is 4.74 Å². The van der Waals surface area contributed by atoms with Crippen LogP contribution in [0.4, 0.5) is 31.1 Å². The number of piperazine rings is 1. The Labute approximate surface area is 191 Å². The van der Waals surface area contributed by atoms with Gasteiger partial charge >= 0.3 is 18.4 Å². The number of halogens is 7. The molecule has 2 heterocycles. The lowest BCUT2D eigenvalue weighted by molar-refractivity contribution is -0.308. The van der Waals surface area contributed by atoms with E-state index in [1.165, 1.54) is 0 Å². The van der Waals surface area contributed by atoms with Crippen LogP contribution in [0.25, 0.3) is 0 Å². The number of rotatable bonds is 7. The van der Waals surface area contributed by atoms with Crippen molar-refractivity contribution in [2.24, 2.45) is 0 Å². The summed E-state index contributed by atoms with van der Waals surface area (Å²) in [6, 6.07) is 0. The zero-order chi connectivity index (χ0) is 23.9. The molecule has 0 bridgehead atoms. The molecular formula is C20H26BrF6N3O2. The lowest BCUT2D eigenvalue weighted by Crippen LogP contribution is -2.53. The number of carbonyl (C=O) groups is 1. The van der Waals surface area contributed by atoms with E-state index < -0.39 is 24.5 Å². The Balaban J connectivity index is 1.94. The molecule has 182 valence electrons. The molecule has 2 aliphatic heterocycles. The number of allylic oxidation sites excluding steroid dienone is 4. The van der Waals surface area contributed by atoms with Gasteiger partial charge in [0.1, 0.15) is 0 Å². The molecule has 1 amide bonds. The molecule has 2 fully saturated rings. The van der Waals surface area contributed by atoms with Crippen LogP contribution in [0.5, 0.6) is 0 Å². The van der Waals surface area contributed by atoms with Crippen molar-refractivity contribution in [2.75, 3.05) is 52.4 Å². The Bertz CT molecular complexity index is 695. The highest BCUT2D eigenvalue weighted by Crippen LogP contribution is 2.36. The van der Waals surface area contributed by atoms with Gasteiger partial charge < -0.3 is 9.64 Å². The van der Waals surface area contributed by atoms with E-state index in [0.717, 1.165) is 47.4 Å². The Morgan fingerprint density at radius 1 is 0.906 bits per heavy atom. The molecule has 0 N–H and O–H groups in total. The molecule has 0 radical (unpaired) electrons. The number of ether oxygens (including phenoxy) is 1. The predicted octanol–water partition coefficient (Wildman–Crippen LogP) is 4.72. The fourth-order valence-corrected chi connectivity index (χ4v) is 3.65. The van der Waals surface area contributed by atoms with Gasteiger partial charge in [-0.2, -0.15) is 26.3 Å². The van der Waals surface area contributed by atoms with E-state index in [4.69, 9.17) is 0 Å². The van der Waals surface area contributed by atoms with Crippen LogP contribution in [0.15, 0.2) is 34.9 Å². The molecule has 2 rings (SSSR count). The summed E-state index contributed by atoms with van der Waals surface area (Å²) in [6.07, 6.45) is -9.42. The first-order valence-electron chi connectivity index (χ1n) is 10.1. The largest absolute Gasteiger partial charge is 0.434 e. The maximum atomic E-state index is 12.6. The molecule has 0 atom stereocenters. The molecule has 0 aromatic rings. The van der Waals surface area contributed by atoms with Gasteiger partial charge in [0.15, 0.2) is 0 Å². The van der Waals surface area contributed by atoms with E-state index in [0.29, 0.717) is 19.6 Å². The number of carbonyl (C=O) groups excluding carboxylic acids is 1. The summed E-state index contributed by atoms with van der Waals surface area (Å²) in [6.45, 7) is 7.58. The SMILES string of the molecule is C=C/C(Br)=C\C=C(/CN1CCCC1)CN1CCN(C(=O)OC(C(F)(F)F)C(F)(F)F)CC1. The second kappa shape index (κ2) is 11.6. The molecule has 5 nitrogen and oxygen atoms in total. The van der Waals surface area contributed by atoms with Gasteiger partial charge in [0, 0.05) is 43.8 Å². The summed E-state index contributed by atoms with van der Waals surface area (Å²) in [4.78, 5) is 17.1. The average molecular weight is 534 g/mol. The first-order chi connectivity index (χ1) is 14.9. The lowest BCUT2D eigenvalue weighted by Gasteiger charge is -2.36. The van der Waals surface area contributed by atoms with Crippen molar-refractivity contribution in [2.45, 2.75) is 31.3 Å². The van der Waals surface area contributed by atoms with Crippen LogP contribution < -0.4 is 0 Å². The lowest BCUT2D eigenvalue weighted by atomic mass is 10.2. The summed E-state index contributed by atoms with van der Waals surface area (Å²) in [5.41, 5.74) is 1.11. The second-order valence-corrected chi connectivity index (χ2v) is 8.59. The Hall–Kier alpha value is -1.53. The van der Waals surface area contributed by atoms with E-state index in [-0.39, 0.29) is 13.1 Å². The zero-order valence-electron chi connectivity index (χ0n) is 17.4. The topological polar surface area (TPSA) is 36.0 Å². The summed E-state index contributed by atoms with van der Waals surface area (Å²) < 4.78 is 80.3. The zero-order valence-corrected chi connectivity index (χ0v) is 19.0. The highest BCUT2D eigenvalue weighted by atomic mass is 79.9. The normalized spacial score (nSPS) is 20.2. The first kappa shape index (κ1) is 26.7. The minimum atomic E-state index is -5.72. The Morgan fingerprint density at radius 2 is 1.41 bits per heavy atom. The van der Waals surface area contributed by atoms with E-state index >= 15 is 0 Å². The summed E-state index contributed by atoms with van der Waals surface area (Å²) in [5, 5.41) is 0. The van der Waals surface area contributed by atoms with Crippen LogP contribution in [0, 0.1) is 0 Å². The van der Waals surface area contributed by atoms with Gasteiger partial charge in [0.2, 0.25) is 0 Å². The molecule has 0 aromatic carbocycles. The van der Waals surface area contributed by atoms with Crippen LogP contribution in [0.1, 0.15) is 12.8 Å². The van der Waals surface area contributed by atoms with Gasteiger partial charge in [-0.3, -0.25) is 9.80 Å². The smallest absolute Gasteiger partial charge is 0.426 e. The van der Waals surface area contributed by atoms with Crippen LogP contribution in [0.2, 0.25) is 0 Å². The van der Waals surface area contributed by atoms with Crippen LogP contribution >= 0.6 is 15.9 Å². The number of nitrogens with zero attached hydrogens (tertiary/aromatic N) is 3. The summed E-state index contributed by atoms with van der Waals surface area (Å²) in [5.74, 6) is 0. The highest BCUT2D eigenvalue weighted by Gasteiger charge is 2.60. The monoisotopic (exact) mass is 533 g/mol. The number of hydrogen-bond donors (Lipinski definition) is 0. The maximum absolute atomic E-state index is 12.6. The quantitative estimate of drug-likeness (QED) is 0.350. The van der Waals surface area contributed by atoms with Crippen molar-refractivity contribution >= 4 is 22.0 Å². The average Bonchev–Trinajstić information content (AvgIpc) is 3.21. The third-order valence-corrected chi connectivity index (χ3v) is 5.76. The van der Waals surface area contributed by atoms with Gasteiger partial charge in [0.25, 0.3) is 6.10 Å². The van der Waals surface area contributed by atoms with Crippen molar-refractivity contribution in [1.29, 1.82) is 0 Å². The minimum Gasteiger partial charge on any atom is -0.426 e. The van der Waals surface area contributed by atoms with Gasteiger partial charge in [0.05, 0.1) is 0 Å². The van der Waals surface area contributed by atoms with Crippen molar-refractivity contribution in [3.05, 3.63) is 34.9 Å². The van der Waals surface area contributed by atoms with Gasteiger partial charge in [-0.15, -0.1) is 0 Å². The molecule has 0 spiro atoms. The fourth-order valence-electron chi connectivity index (χ4n) is 3.52. The number of amides is 1. The van der Waals surface area contributed by atoms with E-state index in [9.17, 15) is 31.1 Å². The minimum absolute atomic E-state index is 0.0234. The van der Waals surface area contributed by atoms with Crippen molar-refractivity contribution < 1.29 is 35.9 Å². The fraction of sp³-hybridized carbons (Fsp3) is 0.650. The third-order valence-electron chi connectivity index (χ3n) is 5.17. The predicted molar refractivity (Wildman–Crippen MR) is 111 cm³/mol. The number of alkyl halides is 6. The molecule has 2 saturated heterocycles. The Morgan fingerprint density at radius 3 is 1.88 bits per heavy atom. The molecule has 0 saturated carbocycles. The molecular weight excluding hydrogens is 508 g/mol. The first-order valence-corrected chi connectivity index (χ1v) is 10.9. The molecule has 12 heteroatoms. The molecule has 32 heavy (non-hydrogen) atoms. The highest BCUT2D eigenvalue weighted by molar-refractivity contribution is 9.11. The third kappa shape index (κ3) is 8.43. The molecule has 0 aromatic heterocycles. The van der Waals surface area contributed by atoms with E-state index in [1.807, 2.05) is 17.1 Å². The molecule has 0 aliphatic carbocycles. The Kier molecular flexibility index (Phi) is 9.65. The molecule has 2 aliphatic rings. The summed E-state index contributed by atoms with van der Waals surface area (Å²) in [7, 11) is 0. The van der Waals surface area contributed by atoms with Crippen LogP contribution in [-0.4, -0.2) is 91.6 Å². The van der Waals surface area contributed by atoms with Crippen molar-refractivity contribution in [1.82, 2.24) is 14.7 Å². The molecule has 0 unspecified atom stereocenters. The second-order valence-electron chi connectivity index (χ2n) is 7.67. The van der Waals surface area contributed by atoms with E-state index in [2.05, 4.69) is 32.1 Å². The standard InChI is InChI=1S/C20H26BrF6N3O2/c1-2-16(21)6-5-15(13-28-7-3-4-8-28)14-29-9-11-30(12-10-29)18(31)32-17(19(22,23)24)20(25,26)27/h2,5-6,17H,1,3-4,7-14H2/b15-5+,16-6+. The van der Waals surface area contributed by atoms with Gasteiger partial charge in [-0.25, -0.2) is 4.79 Å². The van der Waals surface area contributed by atoms with Gasteiger partial charge in [-0.1, -0.05) is 34.7 Å². The number of hydrogen-bond acceptors (Lipinski definition) is 4. The van der Waals surface area contributed by atoms with E-state index in [1.54, 1.807) is 6.08 Å². The summed E-state index contributed by atoms with van der Waals surface area (Å²) >= 11 is 3.37. The van der Waals surface area contributed by atoms with Crippen LogP contribution in [0.3, 0.4) is 0 Å². The van der Waals surface area contributed by atoms with Crippen molar-refractivity contribution in [3.63, 3.8) is 0 Å². The number of likely N-dealkylation sites (tertiary alicyclic amines) is 1.